The van der Waals surface area contributed by atoms with Crippen LogP contribution < -0.4 is 0 Å². The van der Waals surface area contributed by atoms with Crippen molar-refractivity contribution in [2.75, 3.05) is 18.8 Å². The molecule has 7 heteroatoms. The topological polar surface area (TPSA) is 76.6 Å². The highest BCUT2D eigenvalue weighted by molar-refractivity contribution is 7.90. The van der Waals surface area contributed by atoms with Crippen molar-refractivity contribution in [1.82, 2.24) is 9.88 Å². The summed E-state index contributed by atoms with van der Waals surface area (Å²) in [6.45, 7) is 6.52. The molecule has 0 aromatic carbocycles. The van der Waals surface area contributed by atoms with E-state index in [4.69, 9.17) is 4.74 Å². The Labute approximate surface area is 144 Å². The van der Waals surface area contributed by atoms with E-state index >= 15 is 0 Å². The Morgan fingerprint density at radius 3 is 2.79 bits per heavy atom. The molecule has 1 amide bonds. The van der Waals surface area contributed by atoms with Crippen molar-refractivity contribution in [3.05, 3.63) is 30.1 Å². The average molecular weight is 354 g/mol. The third-order valence-corrected chi connectivity index (χ3v) is 5.52. The van der Waals surface area contributed by atoms with E-state index in [1.54, 1.807) is 29.4 Å². The summed E-state index contributed by atoms with van der Waals surface area (Å²) in [5.41, 5.74) is 0.147. The van der Waals surface area contributed by atoms with Gasteiger partial charge in [0.15, 0.2) is 9.84 Å². The molecule has 1 aliphatic heterocycles. The summed E-state index contributed by atoms with van der Waals surface area (Å²) < 4.78 is 30.2. The van der Waals surface area contributed by atoms with Crippen LogP contribution in [0.2, 0.25) is 0 Å². The van der Waals surface area contributed by atoms with E-state index < -0.39 is 15.4 Å². The summed E-state index contributed by atoms with van der Waals surface area (Å²) >= 11 is 0. The number of pyridine rings is 1. The number of ether oxygens (including phenoxy) is 1. The molecule has 24 heavy (non-hydrogen) atoms. The maximum atomic E-state index is 12.4. The summed E-state index contributed by atoms with van der Waals surface area (Å²) in [5.74, 6) is 0.0262. The fraction of sp³-hybridized carbons (Fsp3) is 0.647. The predicted molar refractivity (Wildman–Crippen MR) is 92.3 cm³/mol. The number of hydrogen-bond donors (Lipinski definition) is 0. The summed E-state index contributed by atoms with van der Waals surface area (Å²) in [4.78, 5) is 17.7. The lowest BCUT2D eigenvalue weighted by Crippen LogP contribution is -2.44. The molecule has 0 saturated carbocycles. The Balaban J connectivity index is 1.93. The third kappa shape index (κ3) is 6.11. The van der Waals surface area contributed by atoms with Crippen LogP contribution in [0.25, 0.3) is 0 Å². The van der Waals surface area contributed by atoms with Gasteiger partial charge in [-0.05, 0) is 51.2 Å². The molecule has 6 nitrogen and oxygen atoms in total. The number of piperidine rings is 1. The van der Waals surface area contributed by atoms with Crippen LogP contribution in [0.3, 0.4) is 0 Å². The molecule has 2 rings (SSSR count). The first-order valence-electron chi connectivity index (χ1n) is 8.22. The summed E-state index contributed by atoms with van der Waals surface area (Å²) in [6, 6.07) is 3.49. The van der Waals surface area contributed by atoms with Crippen molar-refractivity contribution in [3.63, 3.8) is 0 Å². The zero-order valence-corrected chi connectivity index (χ0v) is 15.4. The number of carbonyl (C=O) groups is 1. The minimum Gasteiger partial charge on any atom is -0.444 e. The first-order chi connectivity index (χ1) is 11.1. The van der Waals surface area contributed by atoms with Crippen LogP contribution in [-0.2, 0) is 20.3 Å². The highest BCUT2D eigenvalue weighted by atomic mass is 32.2. The van der Waals surface area contributed by atoms with Crippen molar-refractivity contribution >= 4 is 15.9 Å². The van der Waals surface area contributed by atoms with Crippen molar-refractivity contribution in [1.29, 1.82) is 0 Å². The molecule has 134 valence electrons. The number of likely N-dealkylation sites (tertiary alicyclic amines) is 1. The Morgan fingerprint density at radius 1 is 1.42 bits per heavy atom. The molecular formula is C17H26N2O4S. The van der Waals surface area contributed by atoms with Crippen LogP contribution in [0.15, 0.2) is 24.5 Å². The van der Waals surface area contributed by atoms with Crippen molar-refractivity contribution in [2.24, 2.45) is 5.92 Å². The Bertz CT molecular complexity index is 653. The number of aromatic nitrogens is 1. The number of sulfone groups is 1. The smallest absolute Gasteiger partial charge is 0.410 e. The van der Waals surface area contributed by atoms with Gasteiger partial charge in [0.1, 0.15) is 5.60 Å². The van der Waals surface area contributed by atoms with Crippen molar-refractivity contribution in [2.45, 2.75) is 45.0 Å². The fourth-order valence-electron chi connectivity index (χ4n) is 2.85. The minimum atomic E-state index is -3.24. The molecule has 1 saturated heterocycles. The Kier molecular flexibility index (Phi) is 5.85. The second kappa shape index (κ2) is 7.51. The van der Waals surface area contributed by atoms with Gasteiger partial charge in [-0.15, -0.1) is 0 Å². The number of amides is 1. The van der Waals surface area contributed by atoms with Gasteiger partial charge in [0.05, 0.1) is 11.5 Å². The standard InChI is InChI=1S/C17H26N2O4S/c1-17(2,3)23-16(20)19-9-5-7-15(11-19)13-24(21,22)12-14-6-4-8-18-10-14/h4,6,8,10,15H,5,7,9,11-13H2,1-3H3/t15-/m1/s1. The number of carbonyl (C=O) groups excluding carboxylic acids is 1. The molecule has 0 aliphatic carbocycles. The molecule has 1 fully saturated rings. The van der Waals surface area contributed by atoms with Crippen LogP contribution in [0.5, 0.6) is 0 Å². The second-order valence-corrected chi connectivity index (χ2v) is 9.46. The Morgan fingerprint density at radius 2 is 2.17 bits per heavy atom. The van der Waals surface area contributed by atoms with Gasteiger partial charge in [0.2, 0.25) is 0 Å². The van der Waals surface area contributed by atoms with Crippen LogP contribution in [0.1, 0.15) is 39.2 Å². The van der Waals surface area contributed by atoms with Crippen molar-refractivity contribution < 1.29 is 17.9 Å². The molecule has 1 aliphatic rings. The van der Waals surface area contributed by atoms with E-state index in [-0.39, 0.29) is 23.5 Å². The lowest BCUT2D eigenvalue weighted by atomic mass is 10.0. The lowest BCUT2D eigenvalue weighted by molar-refractivity contribution is 0.0176. The van der Waals surface area contributed by atoms with Gasteiger partial charge in [0.25, 0.3) is 0 Å². The van der Waals surface area contributed by atoms with Gasteiger partial charge in [-0.1, -0.05) is 6.07 Å². The third-order valence-electron chi connectivity index (χ3n) is 3.77. The number of hydrogen-bond acceptors (Lipinski definition) is 5. The molecular weight excluding hydrogens is 328 g/mol. The first-order valence-corrected chi connectivity index (χ1v) is 10.0. The van der Waals surface area contributed by atoms with E-state index in [2.05, 4.69) is 4.98 Å². The molecule has 0 unspecified atom stereocenters. The van der Waals surface area contributed by atoms with Gasteiger partial charge in [0, 0.05) is 25.5 Å². The van der Waals surface area contributed by atoms with E-state index in [0.717, 1.165) is 12.8 Å². The zero-order valence-electron chi connectivity index (χ0n) is 14.6. The van der Waals surface area contributed by atoms with Gasteiger partial charge < -0.3 is 9.64 Å². The predicted octanol–water partition coefficient (Wildman–Crippen LogP) is 2.64. The molecule has 1 atom stereocenters. The normalized spacial score (nSPS) is 19.1. The van der Waals surface area contributed by atoms with Gasteiger partial charge in [-0.2, -0.15) is 0 Å². The van der Waals surface area contributed by atoms with Crippen LogP contribution in [0, 0.1) is 5.92 Å². The second-order valence-electron chi connectivity index (χ2n) is 7.35. The lowest BCUT2D eigenvalue weighted by Gasteiger charge is -2.34. The maximum absolute atomic E-state index is 12.4. The van der Waals surface area contributed by atoms with E-state index in [0.29, 0.717) is 18.7 Å². The highest BCUT2D eigenvalue weighted by Crippen LogP contribution is 2.22. The highest BCUT2D eigenvalue weighted by Gasteiger charge is 2.30. The van der Waals surface area contributed by atoms with Crippen LogP contribution in [-0.4, -0.2) is 48.8 Å². The monoisotopic (exact) mass is 354 g/mol. The largest absolute Gasteiger partial charge is 0.444 e. The Hall–Kier alpha value is -1.63. The van der Waals surface area contributed by atoms with E-state index in [1.165, 1.54) is 0 Å². The fourth-order valence-corrected chi connectivity index (χ4v) is 4.64. The molecule has 0 bridgehead atoms. The number of rotatable bonds is 4. The molecule has 0 N–H and O–H groups in total. The molecule has 0 spiro atoms. The van der Waals surface area contributed by atoms with Gasteiger partial charge in [-0.25, -0.2) is 13.2 Å². The summed E-state index contributed by atoms with van der Waals surface area (Å²) in [7, 11) is -3.24. The first kappa shape index (κ1) is 18.7. The number of nitrogens with zero attached hydrogens (tertiary/aromatic N) is 2. The molecule has 2 heterocycles. The minimum absolute atomic E-state index is 0.0101. The summed E-state index contributed by atoms with van der Waals surface area (Å²) in [6.07, 6.45) is 4.44. The van der Waals surface area contributed by atoms with Crippen LogP contribution in [0.4, 0.5) is 4.79 Å². The molecule has 0 radical (unpaired) electrons. The molecule has 1 aromatic rings. The van der Waals surface area contributed by atoms with E-state index in [9.17, 15) is 13.2 Å². The van der Waals surface area contributed by atoms with Gasteiger partial charge in [-0.3, -0.25) is 4.98 Å². The quantitative estimate of drug-likeness (QED) is 0.831. The SMILES string of the molecule is CC(C)(C)OC(=O)N1CCC[C@@H](CS(=O)(=O)Cc2cccnc2)C1. The summed E-state index contributed by atoms with van der Waals surface area (Å²) in [5, 5.41) is 0. The van der Waals surface area contributed by atoms with Gasteiger partial charge >= 0.3 is 6.09 Å². The van der Waals surface area contributed by atoms with E-state index in [1.807, 2.05) is 20.8 Å². The molecule has 1 aromatic heterocycles. The van der Waals surface area contributed by atoms with Crippen LogP contribution >= 0.6 is 0 Å². The zero-order chi connectivity index (χ0) is 17.8. The average Bonchev–Trinajstić information content (AvgIpc) is 2.45. The maximum Gasteiger partial charge on any atom is 0.410 e. The van der Waals surface area contributed by atoms with Crippen molar-refractivity contribution in [3.8, 4) is 0 Å².